The van der Waals surface area contributed by atoms with Gasteiger partial charge in [0.15, 0.2) is 0 Å². The van der Waals surface area contributed by atoms with Crippen LogP contribution in [0.4, 0.5) is 0 Å². The van der Waals surface area contributed by atoms with Gasteiger partial charge in [-0.1, -0.05) is 41.4 Å². The van der Waals surface area contributed by atoms with Crippen molar-refractivity contribution in [3.8, 4) is 5.75 Å². The Bertz CT molecular complexity index is 794. The van der Waals surface area contributed by atoms with E-state index in [-0.39, 0.29) is 21.5 Å². The van der Waals surface area contributed by atoms with Crippen molar-refractivity contribution >= 4 is 35.0 Å². The summed E-state index contributed by atoms with van der Waals surface area (Å²) in [6, 6.07) is 11.5. The first-order valence-electron chi connectivity index (χ1n) is 7.96. The number of benzene rings is 2. The molecule has 0 aliphatic heterocycles. The highest BCUT2D eigenvalue weighted by Gasteiger charge is 2.21. The normalized spacial score (nSPS) is 11.6. The average molecular weight is 395 g/mol. The molecular weight excluding hydrogens is 375 g/mol. The molecule has 1 atom stereocenters. The summed E-state index contributed by atoms with van der Waals surface area (Å²) in [7, 11) is 3.28. The summed E-state index contributed by atoms with van der Waals surface area (Å²) in [5, 5.41) is 3.11. The minimum absolute atomic E-state index is 0.165. The third kappa shape index (κ3) is 4.90. The van der Waals surface area contributed by atoms with Crippen molar-refractivity contribution in [2.75, 3.05) is 14.2 Å². The highest BCUT2D eigenvalue weighted by molar-refractivity contribution is 6.43. The molecule has 2 aromatic rings. The number of hydrogen-bond donors (Lipinski definition) is 1. The molecule has 0 radical (unpaired) electrons. The molecule has 0 aliphatic carbocycles. The molecule has 0 bridgehead atoms. The van der Waals surface area contributed by atoms with Gasteiger partial charge in [0.2, 0.25) is 5.91 Å². The standard InChI is InChI=1S/C19H20Cl2N2O3/c1-12(22-18(24)15-5-4-6-16(20)17(15)21)19(25)23(2)11-13-7-9-14(26-3)10-8-13/h4-10,12H,11H2,1-3H3,(H,22,24). The maximum atomic E-state index is 12.5. The maximum Gasteiger partial charge on any atom is 0.253 e. The number of carbonyl (C=O) groups is 2. The first-order valence-corrected chi connectivity index (χ1v) is 8.72. The Kier molecular flexibility index (Phi) is 6.89. The van der Waals surface area contributed by atoms with Crippen molar-refractivity contribution in [3.63, 3.8) is 0 Å². The first kappa shape index (κ1) is 20.1. The summed E-state index contributed by atoms with van der Waals surface area (Å²) in [5.74, 6) is 0.0882. The Hall–Kier alpha value is -2.24. The van der Waals surface area contributed by atoms with Gasteiger partial charge in [0.25, 0.3) is 5.91 Å². The highest BCUT2D eigenvalue weighted by Crippen LogP contribution is 2.25. The number of likely N-dealkylation sites (N-methyl/N-ethyl adjacent to an activating group) is 1. The molecule has 0 saturated carbocycles. The second-order valence-electron chi connectivity index (χ2n) is 5.84. The van der Waals surface area contributed by atoms with Crippen LogP contribution in [0.3, 0.4) is 0 Å². The first-order chi connectivity index (χ1) is 12.3. The lowest BCUT2D eigenvalue weighted by molar-refractivity contribution is -0.132. The lowest BCUT2D eigenvalue weighted by atomic mass is 10.1. The van der Waals surface area contributed by atoms with Gasteiger partial charge < -0.3 is 15.0 Å². The van der Waals surface area contributed by atoms with Crippen LogP contribution in [0.2, 0.25) is 10.0 Å². The Morgan fingerprint density at radius 3 is 2.42 bits per heavy atom. The zero-order valence-corrected chi connectivity index (χ0v) is 16.3. The van der Waals surface area contributed by atoms with Crippen molar-refractivity contribution in [3.05, 3.63) is 63.6 Å². The van der Waals surface area contributed by atoms with E-state index in [1.807, 2.05) is 24.3 Å². The summed E-state index contributed by atoms with van der Waals surface area (Å²) in [5.41, 5.74) is 1.19. The van der Waals surface area contributed by atoms with E-state index in [4.69, 9.17) is 27.9 Å². The summed E-state index contributed by atoms with van der Waals surface area (Å²) in [4.78, 5) is 26.4. The molecule has 138 valence electrons. The Labute approximate surface area is 162 Å². The molecule has 7 heteroatoms. The molecule has 0 aliphatic rings. The van der Waals surface area contributed by atoms with Crippen LogP contribution in [0.1, 0.15) is 22.8 Å². The zero-order valence-electron chi connectivity index (χ0n) is 14.8. The Morgan fingerprint density at radius 1 is 1.15 bits per heavy atom. The van der Waals surface area contributed by atoms with Crippen molar-refractivity contribution in [2.45, 2.75) is 19.5 Å². The van der Waals surface area contributed by atoms with Crippen LogP contribution < -0.4 is 10.1 Å². The molecule has 1 unspecified atom stereocenters. The minimum Gasteiger partial charge on any atom is -0.497 e. The summed E-state index contributed by atoms with van der Waals surface area (Å²) < 4.78 is 5.12. The molecule has 0 heterocycles. The van der Waals surface area contributed by atoms with E-state index < -0.39 is 11.9 Å². The number of rotatable bonds is 6. The van der Waals surface area contributed by atoms with Crippen molar-refractivity contribution in [2.24, 2.45) is 0 Å². The van der Waals surface area contributed by atoms with E-state index in [0.29, 0.717) is 6.54 Å². The molecule has 2 aromatic carbocycles. The van der Waals surface area contributed by atoms with Gasteiger partial charge in [-0.2, -0.15) is 0 Å². The van der Waals surface area contributed by atoms with Crippen LogP contribution in [0.5, 0.6) is 5.75 Å². The summed E-state index contributed by atoms with van der Waals surface area (Å²) in [6.07, 6.45) is 0. The van der Waals surface area contributed by atoms with Crippen LogP contribution in [0, 0.1) is 0 Å². The van der Waals surface area contributed by atoms with E-state index in [1.54, 1.807) is 44.2 Å². The van der Waals surface area contributed by atoms with E-state index in [0.717, 1.165) is 11.3 Å². The maximum absolute atomic E-state index is 12.5. The second kappa shape index (κ2) is 8.92. The number of ether oxygens (including phenoxy) is 1. The van der Waals surface area contributed by atoms with Crippen LogP contribution >= 0.6 is 23.2 Å². The van der Waals surface area contributed by atoms with Crippen molar-refractivity contribution < 1.29 is 14.3 Å². The molecule has 26 heavy (non-hydrogen) atoms. The predicted octanol–water partition coefficient (Wildman–Crippen LogP) is 3.78. The molecule has 0 fully saturated rings. The van der Waals surface area contributed by atoms with Crippen molar-refractivity contribution in [1.29, 1.82) is 0 Å². The van der Waals surface area contributed by atoms with Gasteiger partial charge in [-0.25, -0.2) is 0 Å². The summed E-state index contributed by atoms with van der Waals surface area (Å²) in [6.45, 7) is 2.05. The van der Waals surface area contributed by atoms with Gasteiger partial charge in [-0.3, -0.25) is 9.59 Å². The quantitative estimate of drug-likeness (QED) is 0.810. The molecule has 5 nitrogen and oxygen atoms in total. The van der Waals surface area contributed by atoms with E-state index >= 15 is 0 Å². The van der Waals surface area contributed by atoms with E-state index in [2.05, 4.69) is 5.32 Å². The molecular formula is C19H20Cl2N2O3. The van der Waals surface area contributed by atoms with Crippen LogP contribution in [0.15, 0.2) is 42.5 Å². The number of halogens is 2. The average Bonchev–Trinajstić information content (AvgIpc) is 2.63. The summed E-state index contributed by atoms with van der Waals surface area (Å²) >= 11 is 12.0. The van der Waals surface area contributed by atoms with Crippen LogP contribution in [0.25, 0.3) is 0 Å². The van der Waals surface area contributed by atoms with E-state index in [1.165, 1.54) is 0 Å². The molecule has 2 rings (SSSR count). The lowest BCUT2D eigenvalue weighted by Gasteiger charge is -2.22. The zero-order chi connectivity index (χ0) is 19.3. The molecule has 1 N–H and O–H groups in total. The number of hydrogen-bond acceptors (Lipinski definition) is 3. The van der Waals surface area contributed by atoms with Crippen molar-refractivity contribution in [1.82, 2.24) is 10.2 Å². The monoisotopic (exact) mass is 394 g/mol. The fourth-order valence-electron chi connectivity index (χ4n) is 2.43. The number of nitrogens with zero attached hydrogens (tertiary/aromatic N) is 1. The van der Waals surface area contributed by atoms with Crippen LogP contribution in [-0.2, 0) is 11.3 Å². The third-order valence-corrected chi connectivity index (χ3v) is 4.69. The topological polar surface area (TPSA) is 58.6 Å². The molecule has 0 saturated heterocycles. The third-order valence-electron chi connectivity index (χ3n) is 3.87. The predicted molar refractivity (Wildman–Crippen MR) is 103 cm³/mol. The van der Waals surface area contributed by atoms with Crippen LogP contribution in [-0.4, -0.2) is 36.9 Å². The molecule has 0 spiro atoms. The fraction of sp³-hybridized carbons (Fsp3) is 0.263. The van der Waals surface area contributed by atoms with E-state index in [9.17, 15) is 9.59 Å². The second-order valence-corrected chi connectivity index (χ2v) is 6.62. The van der Waals surface area contributed by atoms with Gasteiger partial charge in [0.1, 0.15) is 11.8 Å². The number of amides is 2. The number of methoxy groups -OCH3 is 1. The molecule has 0 aromatic heterocycles. The number of carbonyl (C=O) groups excluding carboxylic acids is 2. The highest BCUT2D eigenvalue weighted by atomic mass is 35.5. The Morgan fingerprint density at radius 2 is 1.81 bits per heavy atom. The fourth-order valence-corrected chi connectivity index (χ4v) is 2.81. The van der Waals surface area contributed by atoms with Gasteiger partial charge in [-0.05, 0) is 36.8 Å². The van der Waals surface area contributed by atoms with Gasteiger partial charge in [-0.15, -0.1) is 0 Å². The molecule has 2 amide bonds. The van der Waals surface area contributed by atoms with Gasteiger partial charge in [0.05, 0.1) is 22.7 Å². The Balaban J connectivity index is 1.99. The van der Waals surface area contributed by atoms with Gasteiger partial charge in [0, 0.05) is 13.6 Å². The smallest absolute Gasteiger partial charge is 0.253 e. The number of nitrogens with one attached hydrogen (secondary N) is 1. The lowest BCUT2D eigenvalue weighted by Crippen LogP contribution is -2.45. The minimum atomic E-state index is -0.708. The van der Waals surface area contributed by atoms with Gasteiger partial charge >= 0.3 is 0 Å². The largest absolute Gasteiger partial charge is 0.497 e. The SMILES string of the molecule is COc1ccc(CN(C)C(=O)C(C)NC(=O)c2cccc(Cl)c2Cl)cc1.